The summed E-state index contributed by atoms with van der Waals surface area (Å²) in [5.74, 6) is -1.16. The van der Waals surface area contributed by atoms with Crippen molar-refractivity contribution in [1.29, 1.82) is 0 Å². The van der Waals surface area contributed by atoms with Crippen molar-refractivity contribution in [2.24, 2.45) is 0 Å². The van der Waals surface area contributed by atoms with E-state index in [1.165, 1.54) is 6.07 Å². The van der Waals surface area contributed by atoms with Crippen molar-refractivity contribution in [2.45, 2.75) is 20.4 Å². The first-order valence-corrected chi connectivity index (χ1v) is 8.62. The van der Waals surface area contributed by atoms with Crippen molar-refractivity contribution in [3.8, 4) is 5.75 Å². The van der Waals surface area contributed by atoms with E-state index in [4.69, 9.17) is 4.74 Å². The van der Waals surface area contributed by atoms with Gasteiger partial charge in [-0.05, 0) is 31.4 Å². The Bertz CT molecular complexity index is 1050. The predicted molar refractivity (Wildman–Crippen MR) is 104 cm³/mol. The van der Waals surface area contributed by atoms with E-state index in [-0.39, 0.29) is 23.7 Å². The number of hydrogen-bond acceptors (Lipinski definition) is 4. The second kappa shape index (κ2) is 7.50. The second-order valence-electron chi connectivity index (χ2n) is 6.37. The summed E-state index contributed by atoms with van der Waals surface area (Å²) in [6.07, 6.45) is 1.76. The molecule has 3 aromatic rings. The topological polar surface area (TPSA) is 68.5 Å². The predicted octanol–water partition coefficient (Wildman–Crippen LogP) is 4.19. The zero-order valence-corrected chi connectivity index (χ0v) is 15.4. The van der Waals surface area contributed by atoms with Crippen molar-refractivity contribution in [3.05, 3.63) is 77.6 Å². The van der Waals surface area contributed by atoms with Crippen molar-refractivity contribution in [1.82, 2.24) is 4.57 Å². The summed E-state index contributed by atoms with van der Waals surface area (Å²) in [5, 5.41) is 11.7. The maximum atomic E-state index is 12.5. The highest BCUT2D eigenvalue weighted by molar-refractivity contribution is 6.03. The van der Waals surface area contributed by atoms with E-state index in [1.54, 1.807) is 30.3 Å². The lowest BCUT2D eigenvalue weighted by molar-refractivity contribution is 0.0472. The molecule has 2 aromatic carbocycles. The number of nitrogens with zero attached hydrogens (tertiary/aromatic N) is 1. The number of hydrogen-bond donors (Lipinski definition) is 1. The Kier molecular flexibility index (Phi) is 5.12. The van der Waals surface area contributed by atoms with E-state index >= 15 is 0 Å². The molecule has 0 unspecified atom stereocenters. The molecule has 0 saturated heterocycles. The van der Waals surface area contributed by atoms with E-state index < -0.39 is 5.97 Å². The number of carbonyl (C=O) groups is 2. The van der Waals surface area contributed by atoms with Crippen LogP contribution in [0.2, 0.25) is 0 Å². The Hall–Kier alpha value is -3.34. The molecule has 3 rings (SSSR count). The Morgan fingerprint density at radius 2 is 1.89 bits per heavy atom. The third-order valence-electron chi connectivity index (χ3n) is 4.64. The van der Waals surface area contributed by atoms with Crippen LogP contribution in [-0.4, -0.2) is 28.0 Å². The first-order valence-electron chi connectivity index (χ1n) is 8.62. The van der Waals surface area contributed by atoms with Crippen LogP contribution in [0.15, 0.2) is 55.1 Å². The van der Waals surface area contributed by atoms with E-state index in [0.29, 0.717) is 17.5 Å². The average Bonchev–Trinajstić information content (AvgIpc) is 2.95. The van der Waals surface area contributed by atoms with Crippen molar-refractivity contribution in [2.75, 3.05) is 6.61 Å². The van der Waals surface area contributed by atoms with Gasteiger partial charge in [-0.2, -0.15) is 0 Å². The zero-order valence-electron chi connectivity index (χ0n) is 15.4. The molecular weight excluding hydrogens is 342 g/mol. The summed E-state index contributed by atoms with van der Waals surface area (Å²) in [6, 6.07) is 12.2. The zero-order chi connectivity index (χ0) is 19.6. The summed E-state index contributed by atoms with van der Waals surface area (Å²) in [6.45, 7) is 7.69. The lowest BCUT2D eigenvalue weighted by atomic mass is 10.1. The van der Waals surface area contributed by atoms with Gasteiger partial charge in [0.05, 0.1) is 0 Å². The van der Waals surface area contributed by atoms with E-state index in [9.17, 15) is 14.7 Å². The summed E-state index contributed by atoms with van der Waals surface area (Å²) in [4.78, 5) is 24.8. The van der Waals surface area contributed by atoms with Gasteiger partial charge in [-0.15, -0.1) is 6.58 Å². The number of Topliss-reactive ketones (excluding diaryl/α,β-unsaturated/α-hetero) is 1. The van der Waals surface area contributed by atoms with Crippen LogP contribution in [0, 0.1) is 13.8 Å². The fourth-order valence-corrected chi connectivity index (χ4v) is 3.20. The molecule has 27 heavy (non-hydrogen) atoms. The fourth-order valence-electron chi connectivity index (χ4n) is 3.20. The first-order chi connectivity index (χ1) is 12.9. The van der Waals surface area contributed by atoms with Crippen molar-refractivity contribution < 1.29 is 19.4 Å². The SMILES string of the molecule is C=CCn1c(C)cc(C(=O)COC(=O)c2ccc3ccccc3c2O)c1C. The minimum absolute atomic E-state index is 0.0404. The van der Waals surface area contributed by atoms with Crippen LogP contribution in [0.3, 0.4) is 0 Å². The maximum Gasteiger partial charge on any atom is 0.342 e. The number of rotatable bonds is 6. The van der Waals surface area contributed by atoms with Crippen LogP contribution in [-0.2, 0) is 11.3 Å². The molecule has 0 spiro atoms. The van der Waals surface area contributed by atoms with Gasteiger partial charge in [0.1, 0.15) is 11.3 Å². The molecule has 138 valence electrons. The highest BCUT2D eigenvalue weighted by atomic mass is 16.5. The number of carbonyl (C=O) groups excluding carboxylic acids is 2. The average molecular weight is 363 g/mol. The van der Waals surface area contributed by atoms with Crippen molar-refractivity contribution >= 4 is 22.5 Å². The van der Waals surface area contributed by atoms with Gasteiger partial charge >= 0.3 is 5.97 Å². The summed E-state index contributed by atoms with van der Waals surface area (Å²) >= 11 is 0. The quantitative estimate of drug-likeness (QED) is 0.405. The lowest BCUT2D eigenvalue weighted by Gasteiger charge is -2.09. The molecule has 0 atom stereocenters. The number of phenolic OH excluding ortho intramolecular Hbond substituents is 1. The number of ether oxygens (including phenoxy) is 1. The summed E-state index contributed by atoms with van der Waals surface area (Å²) in [5.41, 5.74) is 2.31. The molecule has 1 heterocycles. The van der Waals surface area contributed by atoms with Gasteiger partial charge in [-0.3, -0.25) is 4.79 Å². The summed E-state index contributed by atoms with van der Waals surface area (Å²) in [7, 11) is 0. The molecule has 0 amide bonds. The van der Waals surface area contributed by atoms with Crippen LogP contribution < -0.4 is 0 Å². The molecule has 0 aliphatic heterocycles. The second-order valence-corrected chi connectivity index (χ2v) is 6.37. The van der Waals surface area contributed by atoms with Crippen LogP contribution >= 0.6 is 0 Å². The maximum absolute atomic E-state index is 12.5. The first kappa shape index (κ1) is 18.5. The molecule has 0 fully saturated rings. The van der Waals surface area contributed by atoms with Gasteiger partial charge in [0.15, 0.2) is 6.61 Å². The number of esters is 1. The fraction of sp³-hybridized carbons (Fsp3) is 0.182. The van der Waals surface area contributed by atoms with Crippen LogP contribution in [0.4, 0.5) is 0 Å². The number of aryl methyl sites for hydroxylation is 1. The van der Waals surface area contributed by atoms with Crippen molar-refractivity contribution in [3.63, 3.8) is 0 Å². The van der Waals surface area contributed by atoms with Gasteiger partial charge < -0.3 is 14.4 Å². The molecule has 1 aromatic heterocycles. The molecule has 1 N–H and O–H groups in total. The number of aromatic hydroxyl groups is 1. The molecule has 5 nitrogen and oxygen atoms in total. The normalized spacial score (nSPS) is 10.7. The standard InChI is InChI=1S/C22H21NO4/c1-4-11-23-14(2)12-19(15(23)3)20(24)13-27-22(26)18-10-9-16-7-5-6-8-17(16)21(18)25/h4-10,12,25H,1,11,13H2,2-3H3. The number of phenols is 1. The molecule has 5 heteroatoms. The molecule has 0 bridgehead atoms. The van der Waals surface area contributed by atoms with Gasteiger partial charge in [0.25, 0.3) is 0 Å². The molecular formula is C22H21NO4. The number of fused-ring (bicyclic) bond motifs is 1. The highest BCUT2D eigenvalue weighted by Gasteiger charge is 2.19. The monoisotopic (exact) mass is 363 g/mol. The van der Waals surface area contributed by atoms with Gasteiger partial charge in [0, 0.05) is 28.9 Å². The van der Waals surface area contributed by atoms with Crippen LogP contribution in [0.5, 0.6) is 5.75 Å². The largest absolute Gasteiger partial charge is 0.506 e. The van der Waals surface area contributed by atoms with Crippen LogP contribution in [0.25, 0.3) is 10.8 Å². The van der Waals surface area contributed by atoms with Gasteiger partial charge in [-0.1, -0.05) is 36.4 Å². The Balaban J connectivity index is 1.76. The van der Waals surface area contributed by atoms with Gasteiger partial charge in [0.2, 0.25) is 5.78 Å². The number of ketones is 1. The highest BCUT2D eigenvalue weighted by Crippen LogP contribution is 2.29. The molecule has 0 aliphatic rings. The van der Waals surface area contributed by atoms with E-state index in [2.05, 4.69) is 6.58 Å². The number of benzene rings is 2. The Morgan fingerprint density at radius 1 is 1.15 bits per heavy atom. The Labute approximate surface area is 157 Å². The van der Waals surface area contributed by atoms with Crippen LogP contribution in [0.1, 0.15) is 32.1 Å². The van der Waals surface area contributed by atoms with Gasteiger partial charge in [-0.25, -0.2) is 4.79 Å². The third kappa shape index (κ3) is 3.49. The number of allylic oxidation sites excluding steroid dienone is 1. The molecule has 0 aliphatic carbocycles. The van der Waals surface area contributed by atoms with E-state index in [1.807, 2.05) is 30.5 Å². The third-order valence-corrected chi connectivity index (χ3v) is 4.64. The minimum Gasteiger partial charge on any atom is -0.506 e. The smallest absolute Gasteiger partial charge is 0.342 e. The Morgan fingerprint density at radius 3 is 2.63 bits per heavy atom. The number of aromatic nitrogens is 1. The summed E-state index contributed by atoms with van der Waals surface area (Å²) < 4.78 is 7.13. The van der Waals surface area contributed by atoms with E-state index in [0.717, 1.165) is 16.8 Å². The molecule has 0 radical (unpaired) electrons. The minimum atomic E-state index is -0.730. The lowest BCUT2D eigenvalue weighted by Crippen LogP contribution is -2.15. The molecule has 0 saturated carbocycles.